The molecule has 4 nitrogen and oxygen atoms in total. The second-order valence-corrected chi connectivity index (χ2v) is 8.77. The van der Waals surface area contributed by atoms with Crippen LogP contribution in [0.4, 0.5) is 0 Å². The van der Waals surface area contributed by atoms with Crippen molar-refractivity contribution in [2.24, 2.45) is 0 Å². The van der Waals surface area contributed by atoms with Gasteiger partial charge in [0, 0.05) is 52.5 Å². The fourth-order valence-electron chi connectivity index (χ4n) is 5.23. The topological polar surface area (TPSA) is 48.1 Å². The van der Waals surface area contributed by atoms with Gasteiger partial charge in [0.1, 0.15) is 0 Å². The zero-order valence-corrected chi connectivity index (χ0v) is 17.4. The van der Waals surface area contributed by atoms with Crippen molar-refractivity contribution in [3.63, 3.8) is 0 Å². The maximum absolute atomic E-state index is 11.7. The fraction of sp³-hybridized carbons (Fsp3) is 0.571. The lowest BCUT2D eigenvalue weighted by Gasteiger charge is -2.47. The number of nitrogens with zero attached hydrogens (tertiary/aromatic N) is 1. The first-order valence-corrected chi connectivity index (χ1v) is 10.6. The molecule has 2 aliphatic rings. The van der Waals surface area contributed by atoms with Gasteiger partial charge in [-0.25, -0.2) is 0 Å². The zero-order valence-electron chi connectivity index (χ0n) is 15.9. The molecule has 26 heavy (non-hydrogen) atoms. The molecule has 1 fully saturated rings. The Bertz CT molecular complexity index is 843. The Morgan fingerprint density at radius 3 is 2.88 bits per heavy atom. The summed E-state index contributed by atoms with van der Waals surface area (Å²) in [7, 11) is 0. The smallest absolute Gasteiger partial charge is 0.217 e. The van der Waals surface area contributed by atoms with Crippen LogP contribution in [0.5, 0.6) is 0 Å². The van der Waals surface area contributed by atoms with Crippen LogP contribution in [0.2, 0.25) is 0 Å². The number of nitrogens with one attached hydrogen (secondary N) is 2. The third-order valence-electron chi connectivity index (χ3n) is 6.10. The number of likely N-dealkylation sites (tertiary alicyclic amines) is 1. The highest BCUT2D eigenvalue weighted by Crippen LogP contribution is 2.45. The van der Waals surface area contributed by atoms with E-state index in [0.717, 1.165) is 43.2 Å². The molecule has 0 radical (unpaired) electrons. The Labute approximate surface area is 163 Å². The summed E-state index contributed by atoms with van der Waals surface area (Å²) in [6, 6.07) is 5.29. The van der Waals surface area contributed by atoms with Gasteiger partial charge in [0.05, 0.1) is 0 Å². The highest BCUT2D eigenvalue weighted by molar-refractivity contribution is 9.10. The van der Waals surface area contributed by atoms with E-state index in [0.29, 0.717) is 12.0 Å². The Kier molecular flexibility index (Phi) is 4.86. The van der Waals surface area contributed by atoms with Crippen molar-refractivity contribution >= 4 is 32.7 Å². The standard InChI is InChI=1S/C21H28BrN3O/c1-4-6-25-11-14(23-12(3)26)9-15-16-7-13(22)8-19-21(16)17(10-20(15)25)18(5-2)24-19/h7-8,14-15,20,24H,4-6,9-11H2,1-3H3,(H,23,26)/t14-,15-,20-/m1/s1. The third-order valence-corrected chi connectivity index (χ3v) is 6.55. The molecule has 140 valence electrons. The predicted molar refractivity (Wildman–Crippen MR) is 110 cm³/mol. The molecule has 5 heteroatoms. The van der Waals surface area contributed by atoms with Crippen LogP contribution >= 0.6 is 15.9 Å². The van der Waals surface area contributed by atoms with Crippen LogP contribution in [0, 0.1) is 0 Å². The minimum Gasteiger partial charge on any atom is -0.358 e. The minimum absolute atomic E-state index is 0.0794. The summed E-state index contributed by atoms with van der Waals surface area (Å²) in [4.78, 5) is 18.0. The number of aromatic nitrogens is 1. The van der Waals surface area contributed by atoms with E-state index in [4.69, 9.17) is 0 Å². The lowest BCUT2D eigenvalue weighted by Crippen LogP contribution is -2.56. The number of benzene rings is 1. The van der Waals surface area contributed by atoms with Crippen molar-refractivity contribution in [1.29, 1.82) is 0 Å². The Balaban J connectivity index is 1.82. The van der Waals surface area contributed by atoms with Crippen molar-refractivity contribution in [2.45, 2.75) is 64.5 Å². The number of carbonyl (C=O) groups is 1. The SMILES string of the molecule is CCCN1C[C@H](NC(C)=O)C[C@@H]2c3cc(Br)cc4[nH]c(CC)c(c34)C[C@H]21. The number of hydrogen-bond donors (Lipinski definition) is 2. The van der Waals surface area contributed by atoms with Crippen molar-refractivity contribution in [1.82, 2.24) is 15.2 Å². The third kappa shape index (κ3) is 2.99. The van der Waals surface area contributed by atoms with Crippen LogP contribution < -0.4 is 5.32 Å². The lowest BCUT2D eigenvalue weighted by atomic mass is 9.73. The highest BCUT2D eigenvalue weighted by atomic mass is 79.9. The Morgan fingerprint density at radius 1 is 1.38 bits per heavy atom. The average molecular weight is 418 g/mol. The number of amides is 1. The maximum atomic E-state index is 11.7. The molecule has 1 aromatic heterocycles. The monoisotopic (exact) mass is 417 g/mol. The molecule has 0 bridgehead atoms. The maximum Gasteiger partial charge on any atom is 0.217 e. The van der Waals surface area contributed by atoms with Crippen LogP contribution in [0.3, 0.4) is 0 Å². The first-order chi connectivity index (χ1) is 12.5. The summed E-state index contributed by atoms with van der Waals surface area (Å²) in [5.41, 5.74) is 5.61. The Morgan fingerprint density at radius 2 is 2.19 bits per heavy atom. The van der Waals surface area contributed by atoms with Crippen LogP contribution in [-0.4, -0.2) is 41.0 Å². The van der Waals surface area contributed by atoms with Crippen molar-refractivity contribution < 1.29 is 4.79 Å². The van der Waals surface area contributed by atoms with Gasteiger partial charge in [-0.3, -0.25) is 9.69 Å². The van der Waals surface area contributed by atoms with Crippen LogP contribution in [0.15, 0.2) is 16.6 Å². The summed E-state index contributed by atoms with van der Waals surface area (Å²) in [6.45, 7) is 8.17. The number of fused-ring (bicyclic) bond motifs is 2. The summed E-state index contributed by atoms with van der Waals surface area (Å²) in [5, 5.41) is 4.63. The average Bonchev–Trinajstić information content (AvgIpc) is 2.93. The number of rotatable bonds is 4. The van der Waals surface area contributed by atoms with E-state index in [1.54, 1.807) is 6.92 Å². The molecule has 2 aromatic rings. The molecule has 3 atom stereocenters. The lowest BCUT2D eigenvalue weighted by molar-refractivity contribution is -0.120. The minimum atomic E-state index is 0.0794. The van der Waals surface area contributed by atoms with E-state index >= 15 is 0 Å². The molecular weight excluding hydrogens is 390 g/mol. The molecule has 1 aliphatic carbocycles. The van der Waals surface area contributed by atoms with Crippen molar-refractivity contribution in [3.8, 4) is 0 Å². The predicted octanol–water partition coefficient (Wildman–Crippen LogP) is 4.12. The second kappa shape index (κ2) is 7.01. The van der Waals surface area contributed by atoms with Crippen molar-refractivity contribution in [3.05, 3.63) is 33.4 Å². The van der Waals surface area contributed by atoms with Gasteiger partial charge in [-0.15, -0.1) is 0 Å². The van der Waals surface area contributed by atoms with Gasteiger partial charge in [0.2, 0.25) is 5.91 Å². The first kappa shape index (κ1) is 18.1. The van der Waals surface area contributed by atoms with E-state index in [2.05, 4.69) is 57.1 Å². The fourth-order valence-corrected chi connectivity index (χ4v) is 5.71. The summed E-state index contributed by atoms with van der Waals surface area (Å²) >= 11 is 3.72. The van der Waals surface area contributed by atoms with E-state index < -0.39 is 0 Å². The normalized spacial score (nSPS) is 25.3. The highest BCUT2D eigenvalue weighted by Gasteiger charge is 2.41. The van der Waals surface area contributed by atoms with Gasteiger partial charge in [0.25, 0.3) is 0 Å². The molecule has 1 aromatic carbocycles. The number of aryl methyl sites for hydroxylation is 1. The summed E-state index contributed by atoms with van der Waals surface area (Å²) in [6.07, 6.45) is 4.34. The van der Waals surface area contributed by atoms with Crippen molar-refractivity contribution in [2.75, 3.05) is 13.1 Å². The van der Waals surface area contributed by atoms with Crippen LogP contribution in [0.1, 0.15) is 56.4 Å². The molecule has 2 heterocycles. The Hall–Kier alpha value is -1.33. The molecule has 1 aliphatic heterocycles. The van der Waals surface area contributed by atoms with E-state index in [9.17, 15) is 4.79 Å². The molecule has 0 saturated carbocycles. The zero-order chi connectivity index (χ0) is 18.4. The van der Waals surface area contributed by atoms with Crippen LogP contribution in [-0.2, 0) is 17.6 Å². The number of halogens is 1. The molecule has 0 spiro atoms. The van der Waals surface area contributed by atoms with Gasteiger partial charge in [0.15, 0.2) is 0 Å². The number of piperidine rings is 1. The second-order valence-electron chi connectivity index (χ2n) is 7.86. The summed E-state index contributed by atoms with van der Waals surface area (Å²) < 4.78 is 1.14. The molecule has 1 saturated heterocycles. The van der Waals surface area contributed by atoms with Gasteiger partial charge < -0.3 is 10.3 Å². The molecular formula is C21H28BrN3O. The summed E-state index contributed by atoms with van der Waals surface area (Å²) in [5.74, 6) is 0.552. The molecule has 2 N–H and O–H groups in total. The molecule has 4 rings (SSSR count). The number of aromatic amines is 1. The molecule has 1 amide bonds. The van der Waals surface area contributed by atoms with E-state index in [1.807, 2.05) is 0 Å². The van der Waals surface area contributed by atoms with Crippen LogP contribution in [0.25, 0.3) is 10.9 Å². The first-order valence-electron chi connectivity index (χ1n) is 9.85. The van der Waals surface area contributed by atoms with Gasteiger partial charge in [-0.1, -0.05) is 29.8 Å². The van der Waals surface area contributed by atoms with E-state index in [-0.39, 0.29) is 11.9 Å². The molecule has 0 unspecified atom stereocenters. The van der Waals surface area contributed by atoms with Gasteiger partial charge in [-0.2, -0.15) is 0 Å². The number of hydrogen-bond acceptors (Lipinski definition) is 2. The van der Waals surface area contributed by atoms with E-state index in [1.165, 1.54) is 27.7 Å². The number of H-pyrrole nitrogens is 1. The van der Waals surface area contributed by atoms with Gasteiger partial charge >= 0.3 is 0 Å². The largest absolute Gasteiger partial charge is 0.358 e. The quantitative estimate of drug-likeness (QED) is 0.785. The number of carbonyl (C=O) groups excluding carboxylic acids is 1. The van der Waals surface area contributed by atoms with Gasteiger partial charge in [-0.05, 0) is 55.5 Å².